The van der Waals surface area contributed by atoms with Gasteiger partial charge < -0.3 is 9.47 Å². The van der Waals surface area contributed by atoms with Gasteiger partial charge in [-0.1, -0.05) is 26.0 Å². The molecule has 0 aliphatic heterocycles. The SMILES string of the molecule is COc1ccc(-c2csc(NC(=O)COc3cc(C)ccc3C(C)C)n2)cc1. The first-order chi connectivity index (χ1) is 13.5. The second-order valence-corrected chi connectivity index (χ2v) is 7.66. The van der Waals surface area contributed by atoms with E-state index in [4.69, 9.17) is 9.47 Å². The molecule has 0 bridgehead atoms. The highest BCUT2D eigenvalue weighted by Gasteiger charge is 2.12. The summed E-state index contributed by atoms with van der Waals surface area (Å²) in [5.41, 5.74) is 3.97. The second kappa shape index (κ2) is 8.89. The van der Waals surface area contributed by atoms with E-state index >= 15 is 0 Å². The van der Waals surface area contributed by atoms with Crippen LogP contribution in [-0.2, 0) is 4.79 Å². The molecule has 0 saturated heterocycles. The quantitative estimate of drug-likeness (QED) is 0.591. The number of ether oxygens (including phenoxy) is 2. The summed E-state index contributed by atoms with van der Waals surface area (Å²) < 4.78 is 10.9. The molecule has 3 rings (SSSR count). The van der Waals surface area contributed by atoms with Crippen molar-refractivity contribution in [3.05, 3.63) is 59.0 Å². The fourth-order valence-corrected chi connectivity index (χ4v) is 3.50. The van der Waals surface area contributed by atoms with Crippen LogP contribution in [0.25, 0.3) is 11.3 Å². The van der Waals surface area contributed by atoms with Crippen molar-refractivity contribution in [3.63, 3.8) is 0 Å². The zero-order chi connectivity index (χ0) is 20.1. The molecule has 0 fully saturated rings. The Kier molecular flexibility index (Phi) is 6.31. The molecule has 3 aromatic rings. The van der Waals surface area contributed by atoms with Gasteiger partial charge in [0.1, 0.15) is 11.5 Å². The van der Waals surface area contributed by atoms with Crippen molar-refractivity contribution in [3.8, 4) is 22.8 Å². The van der Waals surface area contributed by atoms with Crippen LogP contribution in [0, 0.1) is 6.92 Å². The first kappa shape index (κ1) is 19.9. The Bertz CT molecular complexity index is 949. The third-order valence-corrected chi connectivity index (χ3v) is 5.04. The highest BCUT2D eigenvalue weighted by molar-refractivity contribution is 7.14. The van der Waals surface area contributed by atoms with Crippen molar-refractivity contribution in [2.45, 2.75) is 26.7 Å². The van der Waals surface area contributed by atoms with Crippen molar-refractivity contribution < 1.29 is 14.3 Å². The molecule has 0 atom stereocenters. The van der Waals surface area contributed by atoms with Crippen LogP contribution >= 0.6 is 11.3 Å². The number of aryl methyl sites for hydroxylation is 1. The summed E-state index contributed by atoms with van der Waals surface area (Å²) in [4.78, 5) is 16.8. The number of benzene rings is 2. The van der Waals surface area contributed by atoms with Crippen LogP contribution in [0.15, 0.2) is 47.8 Å². The predicted molar refractivity (Wildman–Crippen MR) is 113 cm³/mol. The van der Waals surface area contributed by atoms with Crippen molar-refractivity contribution in [2.24, 2.45) is 0 Å². The summed E-state index contributed by atoms with van der Waals surface area (Å²) in [6.45, 7) is 6.16. The van der Waals surface area contributed by atoms with E-state index in [1.807, 2.05) is 42.6 Å². The van der Waals surface area contributed by atoms with E-state index in [9.17, 15) is 4.79 Å². The van der Waals surface area contributed by atoms with E-state index in [0.29, 0.717) is 11.0 Å². The number of hydrogen-bond donors (Lipinski definition) is 1. The fourth-order valence-electron chi connectivity index (χ4n) is 2.77. The van der Waals surface area contributed by atoms with Gasteiger partial charge in [0, 0.05) is 10.9 Å². The standard InChI is InChI=1S/C22H24N2O3S/c1-14(2)18-10-5-15(3)11-20(18)27-12-21(25)24-22-23-19(13-28-22)16-6-8-17(26-4)9-7-16/h5-11,13-14H,12H2,1-4H3,(H,23,24,25). The number of rotatable bonds is 7. The maximum atomic E-state index is 12.3. The van der Waals surface area contributed by atoms with E-state index < -0.39 is 0 Å². The van der Waals surface area contributed by atoms with E-state index in [1.54, 1.807) is 7.11 Å². The zero-order valence-electron chi connectivity index (χ0n) is 16.5. The largest absolute Gasteiger partial charge is 0.497 e. The van der Waals surface area contributed by atoms with Crippen LogP contribution in [0.5, 0.6) is 11.5 Å². The topological polar surface area (TPSA) is 60.5 Å². The van der Waals surface area contributed by atoms with Gasteiger partial charge >= 0.3 is 0 Å². The molecule has 1 heterocycles. The Balaban J connectivity index is 1.61. The predicted octanol–water partition coefficient (Wildman–Crippen LogP) is 5.27. The van der Waals surface area contributed by atoms with Gasteiger partial charge in [0.25, 0.3) is 5.91 Å². The molecular weight excluding hydrogens is 372 g/mol. The smallest absolute Gasteiger partial charge is 0.264 e. The average Bonchev–Trinajstić information content (AvgIpc) is 3.14. The van der Waals surface area contributed by atoms with Gasteiger partial charge in [-0.3, -0.25) is 10.1 Å². The van der Waals surface area contributed by atoms with Gasteiger partial charge in [0.15, 0.2) is 11.7 Å². The minimum atomic E-state index is -0.230. The summed E-state index contributed by atoms with van der Waals surface area (Å²) in [5, 5.41) is 5.27. The molecule has 0 aliphatic carbocycles. The highest BCUT2D eigenvalue weighted by Crippen LogP contribution is 2.28. The van der Waals surface area contributed by atoms with Crippen LogP contribution in [0.2, 0.25) is 0 Å². The van der Waals surface area contributed by atoms with Gasteiger partial charge in [-0.25, -0.2) is 4.98 Å². The van der Waals surface area contributed by atoms with Crippen LogP contribution in [-0.4, -0.2) is 24.6 Å². The van der Waals surface area contributed by atoms with Gasteiger partial charge in [-0.2, -0.15) is 0 Å². The summed E-state index contributed by atoms with van der Waals surface area (Å²) in [7, 11) is 1.63. The van der Waals surface area contributed by atoms with Crippen LogP contribution in [0.3, 0.4) is 0 Å². The van der Waals surface area contributed by atoms with E-state index in [2.05, 4.69) is 36.3 Å². The molecule has 0 radical (unpaired) electrons. The zero-order valence-corrected chi connectivity index (χ0v) is 17.3. The minimum absolute atomic E-state index is 0.0549. The van der Waals surface area contributed by atoms with Gasteiger partial charge in [-0.15, -0.1) is 11.3 Å². The summed E-state index contributed by atoms with van der Waals surface area (Å²) >= 11 is 1.38. The lowest BCUT2D eigenvalue weighted by atomic mass is 10.0. The number of carbonyl (C=O) groups is 1. The first-order valence-corrected chi connectivity index (χ1v) is 9.97. The van der Waals surface area contributed by atoms with Gasteiger partial charge in [-0.05, 0) is 54.3 Å². The Morgan fingerprint density at radius 1 is 1.18 bits per heavy atom. The van der Waals surface area contributed by atoms with Gasteiger partial charge in [0.2, 0.25) is 0 Å². The Morgan fingerprint density at radius 2 is 1.93 bits per heavy atom. The molecule has 0 aliphatic rings. The second-order valence-electron chi connectivity index (χ2n) is 6.80. The molecule has 0 unspecified atom stereocenters. The van der Waals surface area contributed by atoms with Crippen molar-refractivity contribution in [1.82, 2.24) is 4.98 Å². The van der Waals surface area contributed by atoms with Gasteiger partial charge in [0.05, 0.1) is 12.8 Å². The normalized spacial score (nSPS) is 10.8. The fraction of sp³-hybridized carbons (Fsp3) is 0.273. The molecule has 146 valence electrons. The highest BCUT2D eigenvalue weighted by atomic mass is 32.1. The minimum Gasteiger partial charge on any atom is -0.497 e. The van der Waals surface area contributed by atoms with Crippen molar-refractivity contribution in [1.29, 1.82) is 0 Å². The molecule has 28 heavy (non-hydrogen) atoms. The molecule has 6 heteroatoms. The van der Waals surface area contributed by atoms with E-state index in [-0.39, 0.29) is 12.5 Å². The lowest BCUT2D eigenvalue weighted by Crippen LogP contribution is -2.20. The number of carbonyl (C=O) groups excluding carboxylic acids is 1. The number of anilines is 1. The van der Waals surface area contributed by atoms with Crippen LogP contribution in [0.4, 0.5) is 5.13 Å². The monoisotopic (exact) mass is 396 g/mol. The Labute approximate surface area is 169 Å². The summed E-state index contributed by atoms with van der Waals surface area (Å²) in [6, 6.07) is 13.7. The average molecular weight is 397 g/mol. The van der Waals surface area contributed by atoms with Crippen molar-refractivity contribution in [2.75, 3.05) is 19.0 Å². The number of amides is 1. The molecule has 2 aromatic carbocycles. The molecule has 0 saturated carbocycles. The summed E-state index contributed by atoms with van der Waals surface area (Å²) in [5.74, 6) is 1.64. The number of thiazole rings is 1. The molecule has 1 amide bonds. The maximum absolute atomic E-state index is 12.3. The number of nitrogens with zero attached hydrogens (tertiary/aromatic N) is 1. The first-order valence-electron chi connectivity index (χ1n) is 9.09. The number of methoxy groups -OCH3 is 1. The third kappa shape index (κ3) is 4.89. The molecular formula is C22H24N2O3S. The van der Waals surface area contributed by atoms with E-state index in [1.165, 1.54) is 11.3 Å². The number of aromatic nitrogens is 1. The lowest BCUT2D eigenvalue weighted by molar-refractivity contribution is -0.118. The van der Waals surface area contributed by atoms with Crippen LogP contribution < -0.4 is 14.8 Å². The van der Waals surface area contributed by atoms with E-state index in [0.717, 1.165) is 33.9 Å². The molecule has 0 spiro atoms. The Hall–Kier alpha value is -2.86. The summed E-state index contributed by atoms with van der Waals surface area (Å²) in [6.07, 6.45) is 0. The third-order valence-electron chi connectivity index (χ3n) is 4.29. The van der Waals surface area contributed by atoms with Crippen molar-refractivity contribution >= 4 is 22.4 Å². The lowest BCUT2D eigenvalue weighted by Gasteiger charge is -2.14. The Morgan fingerprint density at radius 3 is 2.61 bits per heavy atom. The molecule has 1 aromatic heterocycles. The molecule has 5 nitrogen and oxygen atoms in total. The number of nitrogens with one attached hydrogen (secondary N) is 1. The molecule has 1 N–H and O–H groups in total. The maximum Gasteiger partial charge on any atom is 0.264 e. The number of hydrogen-bond acceptors (Lipinski definition) is 5. The van der Waals surface area contributed by atoms with Crippen LogP contribution in [0.1, 0.15) is 30.9 Å².